The van der Waals surface area contributed by atoms with E-state index in [1.807, 2.05) is 12.1 Å². The van der Waals surface area contributed by atoms with Crippen LogP contribution in [0, 0.1) is 0 Å². The zero-order valence-electron chi connectivity index (χ0n) is 16.2. The highest BCUT2D eigenvalue weighted by atomic mass is 16.5. The molecule has 0 aliphatic carbocycles. The van der Waals surface area contributed by atoms with E-state index < -0.39 is 5.97 Å². The van der Waals surface area contributed by atoms with E-state index >= 15 is 0 Å². The summed E-state index contributed by atoms with van der Waals surface area (Å²) in [6.45, 7) is 3.83. The third kappa shape index (κ3) is 5.01. The molecule has 28 heavy (non-hydrogen) atoms. The van der Waals surface area contributed by atoms with E-state index in [0.29, 0.717) is 24.3 Å². The van der Waals surface area contributed by atoms with Gasteiger partial charge in [-0.1, -0.05) is 12.1 Å². The third-order valence-electron chi connectivity index (χ3n) is 4.78. The number of rotatable bonds is 5. The van der Waals surface area contributed by atoms with Crippen molar-refractivity contribution in [3.05, 3.63) is 59.7 Å². The number of esters is 1. The van der Waals surface area contributed by atoms with Gasteiger partial charge < -0.3 is 19.7 Å². The van der Waals surface area contributed by atoms with Gasteiger partial charge in [0.05, 0.1) is 19.8 Å². The molecular weight excluding hydrogens is 358 g/mol. The summed E-state index contributed by atoms with van der Waals surface area (Å²) in [7, 11) is 3.00. The minimum atomic E-state index is -0.397. The zero-order valence-corrected chi connectivity index (χ0v) is 16.2. The van der Waals surface area contributed by atoms with E-state index in [2.05, 4.69) is 27.1 Å². The van der Waals surface area contributed by atoms with Crippen LogP contribution < -0.4 is 10.1 Å². The van der Waals surface area contributed by atoms with Crippen molar-refractivity contribution in [2.45, 2.75) is 6.54 Å². The number of ether oxygens (including phenoxy) is 2. The van der Waals surface area contributed by atoms with Gasteiger partial charge in [-0.25, -0.2) is 9.59 Å². The molecule has 1 aliphatic rings. The fourth-order valence-corrected chi connectivity index (χ4v) is 3.11. The number of nitrogens with one attached hydrogen (secondary N) is 1. The minimum absolute atomic E-state index is 0.130. The van der Waals surface area contributed by atoms with Gasteiger partial charge in [-0.3, -0.25) is 4.90 Å². The predicted octanol–water partition coefficient (Wildman–Crippen LogP) is 2.83. The monoisotopic (exact) mass is 383 g/mol. The number of carbonyl (C=O) groups is 2. The van der Waals surface area contributed by atoms with E-state index in [1.54, 1.807) is 36.3 Å². The predicted molar refractivity (Wildman–Crippen MR) is 107 cm³/mol. The second-order valence-corrected chi connectivity index (χ2v) is 6.61. The summed E-state index contributed by atoms with van der Waals surface area (Å²) in [5.41, 5.74) is 2.33. The molecule has 0 aromatic heterocycles. The molecule has 7 nitrogen and oxygen atoms in total. The number of nitrogens with zero attached hydrogens (tertiary/aromatic N) is 2. The van der Waals surface area contributed by atoms with Crippen molar-refractivity contribution in [2.24, 2.45) is 0 Å². The van der Waals surface area contributed by atoms with E-state index in [-0.39, 0.29) is 6.03 Å². The molecule has 0 radical (unpaired) electrons. The number of carbonyl (C=O) groups excluding carboxylic acids is 2. The third-order valence-corrected chi connectivity index (χ3v) is 4.78. The van der Waals surface area contributed by atoms with E-state index in [0.717, 1.165) is 25.4 Å². The lowest BCUT2D eigenvalue weighted by Crippen LogP contribution is -2.49. The highest BCUT2D eigenvalue weighted by molar-refractivity contribution is 5.92. The Morgan fingerprint density at radius 2 is 1.57 bits per heavy atom. The van der Waals surface area contributed by atoms with Gasteiger partial charge in [-0.05, 0) is 42.0 Å². The van der Waals surface area contributed by atoms with Crippen molar-refractivity contribution < 1.29 is 19.1 Å². The molecule has 1 saturated heterocycles. The van der Waals surface area contributed by atoms with Crippen LogP contribution in [0.4, 0.5) is 10.5 Å². The molecule has 2 aromatic carbocycles. The number of urea groups is 1. The Morgan fingerprint density at radius 1 is 0.929 bits per heavy atom. The SMILES string of the molecule is COC(=O)c1ccc(NC(=O)N2CCN(Cc3ccc(OC)cc3)CC2)cc1. The summed E-state index contributed by atoms with van der Waals surface area (Å²) >= 11 is 0. The number of hydrogen-bond donors (Lipinski definition) is 1. The average Bonchev–Trinajstić information content (AvgIpc) is 2.74. The van der Waals surface area contributed by atoms with Gasteiger partial charge in [0, 0.05) is 38.4 Å². The smallest absolute Gasteiger partial charge is 0.337 e. The summed E-state index contributed by atoms with van der Waals surface area (Å²) < 4.78 is 9.86. The molecule has 0 atom stereocenters. The highest BCUT2D eigenvalue weighted by Gasteiger charge is 2.21. The molecule has 148 valence electrons. The molecule has 1 heterocycles. The van der Waals surface area contributed by atoms with Crippen molar-refractivity contribution in [3.63, 3.8) is 0 Å². The average molecular weight is 383 g/mol. The zero-order chi connectivity index (χ0) is 19.9. The second kappa shape index (κ2) is 9.23. The summed E-state index contributed by atoms with van der Waals surface area (Å²) in [6.07, 6.45) is 0. The quantitative estimate of drug-likeness (QED) is 0.804. The maximum absolute atomic E-state index is 12.5. The molecule has 2 aromatic rings. The van der Waals surface area contributed by atoms with Gasteiger partial charge in [-0.2, -0.15) is 0 Å². The molecular formula is C21H25N3O4. The Hall–Kier alpha value is -3.06. The van der Waals surface area contributed by atoms with Crippen molar-refractivity contribution in [1.29, 1.82) is 0 Å². The van der Waals surface area contributed by atoms with Crippen LogP contribution in [0.5, 0.6) is 5.75 Å². The molecule has 3 rings (SSSR count). The minimum Gasteiger partial charge on any atom is -0.497 e. The first-order chi connectivity index (χ1) is 13.6. The Balaban J connectivity index is 1.47. The Morgan fingerprint density at radius 3 is 2.14 bits per heavy atom. The molecule has 0 bridgehead atoms. The van der Waals surface area contributed by atoms with Crippen molar-refractivity contribution in [1.82, 2.24) is 9.80 Å². The Labute approximate surface area is 164 Å². The lowest BCUT2D eigenvalue weighted by atomic mass is 10.2. The van der Waals surface area contributed by atoms with Crippen LogP contribution in [0.15, 0.2) is 48.5 Å². The Bertz CT molecular complexity index is 797. The van der Waals surface area contributed by atoms with Crippen molar-refractivity contribution >= 4 is 17.7 Å². The summed E-state index contributed by atoms with van der Waals surface area (Å²) in [4.78, 5) is 28.1. The van der Waals surface area contributed by atoms with Crippen LogP contribution in [-0.4, -0.2) is 62.2 Å². The van der Waals surface area contributed by atoms with Gasteiger partial charge in [0.15, 0.2) is 0 Å². The standard InChI is InChI=1S/C21H25N3O4/c1-27-19-9-3-16(4-10-19)15-23-11-13-24(14-12-23)21(26)22-18-7-5-17(6-8-18)20(25)28-2/h3-10H,11-15H2,1-2H3,(H,22,26). The molecule has 2 amide bonds. The maximum Gasteiger partial charge on any atom is 0.337 e. The number of anilines is 1. The normalized spacial score (nSPS) is 14.4. The molecule has 0 unspecified atom stereocenters. The topological polar surface area (TPSA) is 71.1 Å². The fraction of sp³-hybridized carbons (Fsp3) is 0.333. The highest BCUT2D eigenvalue weighted by Crippen LogP contribution is 2.15. The number of hydrogen-bond acceptors (Lipinski definition) is 5. The van der Waals surface area contributed by atoms with E-state index in [1.165, 1.54) is 12.7 Å². The Kier molecular flexibility index (Phi) is 6.49. The van der Waals surface area contributed by atoms with Crippen LogP contribution in [-0.2, 0) is 11.3 Å². The van der Waals surface area contributed by atoms with Crippen molar-refractivity contribution in [3.8, 4) is 5.75 Å². The van der Waals surface area contributed by atoms with E-state index in [9.17, 15) is 9.59 Å². The van der Waals surface area contributed by atoms with Gasteiger partial charge >= 0.3 is 12.0 Å². The van der Waals surface area contributed by atoms with Gasteiger partial charge in [0.2, 0.25) is 0 Å². The number of benzene rings is 2. The summed E-state index contributed by atoms with van der Waals surface area (Å²) in [5, 5.41) is 2.88. The molecule has 0 saturated carbocycles. The lowest BCUT2D eigenvalue weighted by Gasteiger charge is -2.34. The van der Waals surface area contributed by atoms with Crippen LogP contribution in [0.2, 0.25) is 0 Å². The molecule has 1 aliphatic heterocycles. The van der Waals surface area contributed by atoms with Crippen LogP contribution in [0.25, 0.3) is 0 Å². The largest absolute Gasteiger partial charge is 0.497 e. The maximum atomic E-state index is 12.5. The number of piperazine rings is 1. The van der Waals surface area contributed by atoms with E-state index in [4.69, 9.17) is 4.74 Å². The number of amides is 2. The first-order valence-electron chi connectivity index (χ1n) is 9.18. The van der Waals surface area contributed by atoms with Crippen molar-refractivity contribution in [2.75, 3.05) is 45.7 Å². The molecule has 0 spiro atoms. The van der Waals surface area contributed by atoms with Crippen LogP contribution in [0.1, 0.15) is 15.9 Å². The van der Waals surface area contributed by atoms with Crippen LogP contribution in [0.3, 0.4) is 0 Å². The fourth-order valence-electron chi connectivity index (χ4n) is 3.11. The first-order valence-corrected chi connectivity index (χ1v) is 9.18. The molecule has 1 N–H and O–H groups in total. The summed E-state index contributed by atoms with van der Waals surface area (Å²) in [6, 6.07) is 14.6. The first kappa shape index (κ1) is 19.7. The van der Waals surface area contributed by atoms with Gasteiger partial charge in [-0.15, -0.1) is 0 Å². The number of methoxy groups -OCH3 is 2. The molecule has 7 heteroatoms. The van der Waals surface area contributed by atoms with Crippen LogP contribution >= 0.6 is 0 Å². The molecule has 1 fully saturated rings. The lowest BCUT2D eigenvalue weighted by molar-refractivity contribution is 0.0600. The second-order valence-electron chi connectivity index (χ2n) is 6.61. The summed E-state index contributed by atoms with van der Waals surface area (Å²) in [5.74, 6) is 0.454. The van der Waals surface area contributed by atoms with Gasteiger partial charge in [0.25, 0.3) is 0 Å². The van der Waals surface area contributed by atoms with Gasteiger partial charge in [0.1, 0.15) is 5.75 Å².